The minimum absolute atomic E-state index is 0.115. The van der Waals surface area contributed by atoms with Gasteiger partial charge in [-0.25, -0.2) is 9.36 Å². The van der Waals surface area contributed by atoms with E-state index in [4.69, 9.17) is 14.9 Å². The summed E-state index contributed by atoms with van der Waals surface area (Å²) in [5.41, 5.74) is -1.75. The molecule has 0 saturated carbocycles. The zero-order chi connectivity index (χ0) is 14.2. The third-order valence-electron chi connectivity index (χ3n) is 3.08. The number of hydrogen-bond acceptors (Lipinski definition) is 7. The highest BCUT2D eigenvalue weighted by atomic mass is 16.6. The molecule has 1 fully saturated rings. The Hall–Kier alpha value is -1.52. The van der Waals surface area contributed by atoms with Crippen LogP contribution in [0.15, 0.2) is 15.8 Å². The molecule has 0 amide bonds. The van der Waals surface area contributed by atoms with Gasteiger partial charge in [-0.15, -0.1) is 0 Å². The van der Waals surface area contributed by atoms with E-state index < -0.39 is 49.0 Å². The zero-order valence-electron chi connectivity index (χ0n) is 9.76. The van der Waals surface area contributed by atoms with Crippen LogP contribution in [0, 0.1) is 0 Å². The van der Waals surface area contributed by atoms with Crippen molar-refractivity contribution in [1.82, 2.24) is 9.55 Å². The van der Waals surface area contributed by atoms with Gasteiger partial charge in [-0.3, -0.25) is 4.79 Å². The maximum absolute atomic E-state index is 11.9. The van der Waals surface area contributed by atoms with Gasteiger partial charge in [-0.2, -0.15) is 0 Å². The molecule has 2 rings (SSSR count). The summed E-state index contributed by atoms with van der Waals surface area (Å²) in [5.74, 6) is 0. The molecule has 0 bridgehead atoms. The van der Waals surface area contributed by atoms with Crippen molar-refractivity contribution in [2.24, 2.45) is 0 Å². The molecule has 9 heteroatoms. The summed E-state index contributed by atoms with van der Waals surface area (Å²) in [7, 11) is 0. The molecule has 0 radical (unpaired) electrons. The second-order valence-corrected chi connectivity index (χ2v) is 4.18. The van der Waals surface area contributed by atoms with E-state index in [0.29, 0.717) is 4.57 Å². The van der Waals surface area contributed by atoms with E-state index in [2.05, 4.69) is 4.98 Å². The number of nitrogens with zero attached hydrogens (tertiary/aromatic N) is 1. The Morgan fingerprint density at radius 1 is 1.26 bits per heavy atom. The largest absolute Gasteiger partial charge is 0.394 e. The monoisotopic (exact) mass is 274 g/mol. The molecule has 19 heavy (non-hydrogen) atoms. The van der Waals surface area contributed by atoms with E-state index in [0.717, 1.165) is 6.20 Å². The molecule has 1 aromatic heterocycles. The van der Waals surface area contributed by atoms with Gasteiger partial charge in [0.05, 0.1) is 12.2 Å². The third kappa shape index (κ3) is 2.22. The van der Waals surface area contributed by atoms with Crippen LogP contribution in [-0.2, 0) is 11.5 Å². The number of rotatable bonds is 3. The standard InChI is InChI=1S/C10H14N2O7/c13-2-5-6(15)7(16)8(19-5)4-1-11-10(18)12(3-14)9(4)17/h1,5-8,13-16H,2-3H2,(H,11,18)/t5-,6-,7-,8+/m1/s1. The van der Waals surface area contributed by atoms with Crippen molar-refractivity contribution in [3.8, 4) is 0 Å². The van der Waals surface area contributed by atoms with E-state index in [1.807, 2.05) is 0 Å². The summed E-state index contributed by atoms with van der Waals surface area (Å²) in [4.78, 5) is 25.4. The predicted octanol–water partition coefficient (Wildman–Crippen LogP) is -3.36. The van der Waals surface area contributed by atoms with Crippen LogP contribution in [0.25, 0.3) is 0 Å². The molecule has 2 heterocycles. The van der Waals surface area contributed by atoms with E-state index in [-0.39, 0.29) is 5.56 Å². The topological polar surface area (TPSA) is 145 Å². The summed E-state index contributed by atoms with van der Waals surface area (Å²) < 4.78 is 5.69. The van der Waals surface area contributed by atoms with Gasteiger partial charge in [-0.1, -0.05) is 0 Å². The van der Waals surface area contributed by atoms with Gasteiger partial charge in [0.2, 0.25) is 0 Å². The molecule has 0 spiro atoms. The van der Waals surface area contributed by atoms with Crippen molar-refractivity contribution in [2.45, 2.75) is 31.1 Å². The van der Waals surface area contributed by atoms with Gasteiger partial charge in [0.1, 0.15) is 31.1 Å². The van der Waals surface area contributed by atoms with Gasteiger partial charge >= 0.3 is 5.69 Å². The molecule has 0 unspecified atom stereocenters. The lowest BCUT2D eigenvalue weighted by molar-refractivity contribution is -0.0235. The smallest absolute Gasteiger partial charge is 0.330 e. The Kier molecular flexibility index (Phi) is 3.83. The lowest BCUT2D eigenvalue weighted by atomic mass is 10.0. The first-order chi connectivity index (χ1) is 9.01. The van der Waals surface area contributed by atoms with Gasteiger partial charge in [0, 0.05) is 6.20 Å². The van der Waals surface area contributed by atoms with Crippen LogP contribution in [0.3, 0.4) is 0 Å². The number of aromatic nitrogens is 2. The van der Waals surface area contributed by atoms with E-state index >= 15 is 0 Å². The molecule has 1 saturated heterocycles. The van der Waals surface area contributed by atoms with E-state index in [1.54, 1.807) is 0 Å². The minimum Gasteiger partial charge on any atom is -0.394 e. The third-order valence-corrected chi connectivity index (χ3v) is 3.08. The Labute approximate surface area is 106 Å². The number of aromatic amines is 1. The number of H-pyrrole nitrogens is 1. The Morgan fingerprint density at radius 2 is 1.95 bits per heavy atom. The highest BCUT2D eigenvalue weighted by molar-refractivity contribution is 5.14. The van der Waals surface area contributed by atoms with Crippen LogP contribution in [-0.4, -0.2) is 54.9 Å². The first-order valence-electron chi connectivity index (χ1n) is 5.57. The second-order valence-electron chi connectivity index (χ2n) is 4.18. The average molecular weight is 274 g/mol. The summed E-state index contributed by atoms with van der Waals surface area (Å²) in [5, 5.41) is 37.3. The minimum atomic E-state index is -1.41. The number of nitrogens with one attached hydrogen (secondary N) is 1. The van der Waals surface area contributed by atoms with Crippen LogP contribution in [0.2, 0.25) is 0 Å². The van der Waals surface area contributed by atoms with E-state index in [1.165, 1.54) is 0 Å². The van der Waals surface area contributed by atoms with Crippen molar-refractivity contribution in [1.29, 1.82) is 0 Å². The molecule has 1 aromatic rings. The molecule has 106 valence electrons. The highest BCUT2D eigenvalue weighted by Crippen LogP contribution is 2.31. The zero-order valence-corrected chi connectivity index (χ0v) is 9.76. The summed E-state index contributed by atoms with van der Waals surface area (Å²) >= 11 is 0. The fourth-order valence-electron chi connectivity index (χ4n) is 2.02. The molecule has 9 nitrogen and oxygen atoms in total. The van der Waals surface area contributed by atoms with Crippen LogP contribution < -0.4 is 11.2 Å². The molecule has 0 aliphatic carbocycles. The van der Waals surface area contributed by atoms with Crippen molar-refractivity contribution >= 4 is 0 Å². The van der Waals surface area contributed by atoms with Gasteiger partial charge in [0.25, 0.3) is 5.56 Å². The van der Waals surface area contributed by atoms with Crippen LogP contribution in [0.4, 0.5) is 0 Å². The molecular weight excluding hydrogens is 260 g/mol. The average Bonchev–Trinajstić information content (AvgIpc) is 2.67. The van der Waals surface area contributed by atoms with Gasteiger partial charge in [-0.05, 0) is 0 Å². The summed E-state index contributed by atoms with van der Waals surface area (Å²) in [6, 6.07) is 0. The summed E-state index contributed by atoms with van der Waals surface area (Å²) in [6.45, 7) is -1.34. The SMILES string of the molecule is O=c1[nH]cc([C@@H]2O[C@H](CO)[C@@H](O)[C@H]2O)c(=O)n1CO. The first kappa shape index (κ1) is 13.9. The van der Waals surface area contributed by atoms with Gasteiger partial charge < -0.3 is 30.1 Å². The Morgan fingerprint density at radius 3 is 2.47 bits per heavy atom. The predicted molar refractivity (Wildman–Crippen MR) is 60.3 cm³/mol. The van der Waals surface area contributed by atoms with Crippen molar-refractivity contribution in [3.63, 3.8) is 0 Å². The van der Waals surface area contributed by atoms with Crippen LogP contribution in [0.1, 0.15) is 11.7 Å². The quantitative estimate of drug-likeness (QED) is 0.387. The highest BCUT2D eigenvalue weighted by Gasteiger charge is 2.44. The number of hydrogen-bond donors (Lipinski definition) is 5. The molecular formula is C10H14N2O7. The maximum Gasteiger partial charge on any atom is 0.330 e. The van der Waals surface area contributed by atoms with Crippen LogP contribution >= 0.6 is 0 Å². The van der Waals surface area contributed by atoms with Crippen molar-refractivity contribution in [2.75, 3.05) is 6.61 Å². The molecule has 0 aromatic carbocycles. The number of aliphatic hydroxyl groups is 4. The maximum atomic E-state index is 11.9. The van der Waals surface area contributed by atoms with Crippen LogP contribution in [0.5, 0.6) is 0 Å². The van der Waals surface area contributed by atoms with Gasteiger partial charge in [0.15, 0.2) is 0 Å². The fraction of sp³-hybridized carbons (Fsp3) is 0.600. The van der Waals surface area contributed by atoms with Crippen molar-refractivity contribution in [3.05, 3.63) is 32.6 Å². The Bertz CT molecular complexity index is 566. The second kappa shape index (κ2) is 5.23. The lowest BCUT2D eigenvalue weighted by Crippen LogP contribution is -2.39. The molecule has 4 atom stereocenters. The Balaban J connectivity index is 2.44. The molecule has 5 N–H and O–H groups in total. The first-order valence-corrected chi connectivity index (χ1v) is 5.57. The normalized spacial score (nSPS) is 30.7. The lowest BCUT2D eigenvalue weighted by Gasteiger charge is -2.14. The molecule has 1 aliphatic heterocycles. The summed E-state index contributed by atoms with van der Waals surface area (Å²) in [6.07, 6.45) is -3.91. The number of ether oxygens (including phenoxy) is 1. The number of aliphatic hydroxyl groups excluding tert-OH is 4. The molecule has 1 aliphatic rings. The van der Waals surface area contributed by atoms with E-state index in [9.17, 15) is 19.8 Å². The van der Waals surface area contributed by atoms with Crippen molar-refractivity contribution < 1.29 is 25.2 Å². The fourth-order valence-corrected chi connectivity index (χ4v) is 2.02.